The first kappa shape index (κ1) is 31.1. The van der Waals surface area contributed by atoms with Crippen LogP contribution < -0.4 is 10.1 Å². The SMILES string of the molecule is Cc1ccc([C@@]2(c3ncns3)CCN(C(=O)Nc3cc(C(F)F)ccc3OC3CC4(C3)CN(C(=O)OC(C)(C)C)C4)C2)cc1F. The molecule has 9 nitrogen and oxygen atoms in total. The number of likely N-dealkylation sites (tertiary alicyclic amines) is 2. The number of amides is 3. The first-order valence-corrected chi connectivity index (χ1v) is 15.7. The number of nitrogens with one attached hydrogen (secondary N) is 1. The highest BCUT2D eigenvalue weighted by Crippen LogP contribution is 2.50. The van der Waals surface area contributed by atoms with Gasteiger partial charge in [-0.1, -0.05) is 12.1 Å². The zero-order chi connectivity index (χ0) is 32.1. The summed E-state index contributed by atoms with van der Waals surface area (Å²) < 4.78 is 57.8. The summed E-state index contributed by atoms with van der Waals surface area (Å²) in [6.07, 6.45) is 0.0612. The minimum absolute atomic E-state index is 0.0487. The van der Waals surface area contributed by atoms with Crippen LogP contribution in [0.1, 0.15) is 68.2 Å². The summed E-state index contributed by atoms with van der Waals surface area (Å²) in [5, 5.41) is 3.47. The second-order valence-electron chi connectivity index (χ2n) is 13.4. The van der Waals surface area contributed by atoms with E-state index < -0.39 is 23.5 Å². The number of alkyl halides is 2. The molecule has 0 bridgehead atoms. The van der Waals surface area contributed by atoms with E-state index in [2.05, 4.69) is 14.7 Å². The van der Waals surface area contributed by atoms with Crippen molar-refractivity contribution in [1.29, 1.82) is 0 Å². The van der Waals surface area contributed by atoms with Gasteiger partial charge in [-0.25, -0.2) is 27.7 Å². The summed E-state index contributed by atoms with van der Waals surface area (Å²) in [5.41, 5.74) is -0.252. The molecule has 1 atom stereocenters. The third kappa shape index (κ3) is 6.18. The maximum atomic E-state index is 14.6. The summed E-state index contributed by atoms with van der Waals surface area (Å²) in [6, 6.07) is 8.54. The molecule has 1 spiro atoms. The topological polar surface area (TPSA) is 96.9 Å². The number of ether oxygens (including phenoxy) is 2. The summed E-state index contributed by atoms with van der Waals surface area (Å²) >= 11 is 1.20. The second-order valence-corrected chi connectivity index (χ2v) is 14.2. The van der Waals surface area contributed by atoms with Gasteiger partial charge in [-0.15, -0.1) is 0 Å². The largest absolute Gasteiger partial charge is 0.488 e. The lowest BCUT2D eigenvalue weighted by atomic mass is 9.62. The Labute approximate surface area is 263 Å². The number of benzene rings is 2. The third-order valence-corrected chi connectivity index (χ3v) is 9.74. The van der Waals surface area contributed by atoms with Crippen LogP contribution in [0.15, 0.2) is 42.7 Å². The molecule has 3 fully saturated rings. The zero-order valence-electron chi connectivity index (χ0n) is 25.6. The van der Waals surface area contributed by atoms with Crippen molar-refractivity contribution in [3.63, 3.8) is 0 Å². The number of anilines is 1. The molecule has 3 aliphatic rings. The number of urea groups is 1. The Bertz CT molecular complexity index is 1580. The average Bonchev–Trinajstić information content (AvgIpc) is 3.62. The molecule has 13 heteroatoms. The number of hydrogen-bond donors (Lipinski definition) is 1. The van der Waals surface area contributed by atoms with Gasteiger partial charge >= 0.3 is 12.1 Å². The van der Waals surface area contributed by atoms with Crippen LogP contribution in [0.25, 0.3) is 0 Å². The van der Waals surface area contributed by atoms with E-state index in [1.54, 1.807) is 22.8 Å². The Morgan fingerprint density at radius 1 is 1.09 bits per heavy atom. The monoisotopic (exact) mass is 643 g/mol. The van der Waals surface area contributed by atoms with Crippen molar-refractivity contribution in [3.8, 4) is 5.75 Å². The molecule has 1 saturated carbocycles. The van der Waals surface area contributed by atoms with Crippen molar-refractivity contribution in [2.24, 2.45) is 5.41 Å². The van der Waals surface area contributed by atoms with Gasteiger partial charge in [-0.3, -0.25) is 0 Å². The van der Waals surface area contributed by atoms with E-state index in [1.807, 2.05) is 26.8 Å². The number of carbonyl (C=O) groups is 2. The van der Waals surface area contributed by atoms with Gasteiger partial charge in [0.1, 0.15) is 34.6 Å². The number of carbonyl (C=O) groups excluding carboxylic acids is 2. The van der Waals surface area contributed by atoms with Gasteiger partial charge in [0, 0.05) is 37.2 Å². The molecule has 2 aromatic carbocycles. The predicted molar refractivity (Wildman–Crippen MR) is 162 cm³/mol. The summed E-state index contributed by atoms with van der Waals surface area (Å²) in [7, 11) is 0. The van der Waals surface area contributed by atoms with Gasteiger partial charge in [0.15, 0.2) is 0 Å². The van der Waals surface area contributed by atoms with E-state index in [0.717, 1.165) is 0 Å². The molecular weight excluding hydrogens is 607 g/mol. The normalized spacial score (nSPS) is 21.1. The minimum Gasteiger partial charge on any atom is -0.488 e. The maximum Gasteiger partial charge on any atom is 0.410 e. The Morgan fingerprint density at radius 3 is 2.49 bits per heavy atom. The van der Waals surface area contributed by atoms with E-state index >= 15 is 0 Å². The first-order chi connectivity index (χ1) is 21.3. The quantitative estimate of drug-likeness (QED) is 0.313. The molecule has 3 heterocycles. The highest BCUT2D eigenvalue weighted by molar-refractivity contribution is 7.05. The van der Waals surface area contributed by atoms with Crippen molar-refractivity contribution < 1.29 is 32.2 Å². The van der Waals surface area contributed by atoms with Gasteiger partial charge in [0.05, 0.1) is 11.1 Å². The lowest BCUT2D eigenvalue weighted by Gasteiger charge is -2.58. The Balaban J connectivity index is 1.14. The van der Waals surface area contributed by atoms with Gasteiger partial charge in [0.2, 0.25) is 0 Å². The molecule has 2 saturated heterocycles. The zero-order valence-corrected chi connectivity index (χ0v) is 26.4. The number of nitrogens with zero attached hydrogens (tertiary/aromatic N) is 4. The fourth-order valence-corrected chi connectivity index (χ4v) is 7.26. The smallest absolute Gasteiger partial charge is 0.410 e. The van der Waals surface area contributed by atoms with Crippen LogP contribution in [-0.2, 0) is 10.2 Å². The van der Waals surface area contributed by atoms with Gasteiger partial charge < -0.3 is 24.6 Å². The number of rotatable bonds is 6. The average molecular weight is 644 g/mol. The Kier molecular flexibility index (Phi) is 7.95. The van der Waals surface area contributed by atoms with Crippen LogP contribution in [0.3, 0.4) is 0 Å². The fourth-order valence-electron chi connectivity index (χ4n) is 6.52. The molecule has 1 N–H and O–H groups in total. The first-order valence-electron chi connectivity index (χ1n) is 14.9. The van der Waals surface area contributed by atoms with E-state index in [1.165, 1.54) is 42.1 Å². The van der Waals surface area contributed by atoms with Crippen molar-refractivity contribution in [3.05, 3.63) is 70.2 Å². The molecule has 240 valence electrons. The van der Waals surface area contributed by atoms with Crippen molar-refractivity contribution in [1.82, 2.24) is 19.2 Å². The summed E-state index contributed by atoms with van der Waals surface area (Å²) in [4.78, 5) is 33.6. The fraction of sp³-hybridized carbons (Fsp3) is 0.500. The van der Waals surface area contributed by atoms with Gasteiger partial charge in [-0.2, -0.15) is 4.37 Å². The van der Waals surface area contributed by atoms with E-state index in [-0.39, 0.29) is 41.2 Å². The van der Waals surface area contributed by atoms with Gasteiger partial charge in [0.25, 0.3) is 6.43 Å². The molecule has 0 unspecified atom stereocenters. The predicted octanol–water partition coefficient (Wildman–Crippen LogP) is 6.93. The van der Waals surface area contributed by atoms with Crippen LogP contribution in [0, 0.1) is 18.2 Å². The third-order valence-electron chi connectivity index (χ3n) is 8.87. The van der Waals surface area contributed by atoms with Crippen LogP contribution >= 0.6 is 11.5 Å². The second kappa shape index (κ2) is 11.5. The van der Waals surface area contributed by atoms with E-state index in [9.17, 15) is 22.8 Å². The van der Waals surface area contributed by atoms with E-state index in [0.29, 0.717) is 60.8 Å². The van der Waals surface area contributed by atoms with Crippen LogP contribution in [0.4, 0.5) is 28.4 Å². The molecule has 1 aliphatic carbocycles. The van der Waals surface area contributed by atoms with Crippen LogP contribution in [0.5, 0.6) is 5.75 Å². The molecule has 3 aromatic rings. The standard InChI is InChI=1S/C32H36F3N5O4S/c1-19-5-7-21(12-23(19)33)32(27-36-18-37-45-27)9-10-39(17-32)28(41)38-24-11-20(26(34)35)6-8-25(24)43-22-13-31(14-22)15-40(16-31)29(42)44-30(2,3)4/h5-8,11-12,18,22,26H,9-10,13-17H2,1-4H3,(H,38,41)/t32-/m1/s1. The molecule has 1 aromatic heterocycles. The molecule has 45 heavy (non-hydrogen) atoms. The summed E-state index contributed by atoms with van der Waals surface area (Å²) in [5.74, 6) is -0.0479. The molecule has 6 rings (SSSR count). The Morgan fingerprint density at radius 2 is 1.84 bits per heavy atom. The van der Waals surface area contributed by atoms with E-state index in [4.69, 9.17) is 9.47 Å². The van der Waals surface area contributed by atoms with Crippen molar-refractivity contribution >= 4 is 29.3 Å². The molecule has 0 radical (unpaired) electrons. The lowest BCUT2D eigenvalue weighted by Crippen LogP contribution is -2.66. The Hall–Kier alpha value is -3.87. The van der Waals surface area contributed by atoms with Crippen molar-refractivity contribution in [2.45, 2.75) is 70.5 Å². The van der Waals surface area contributed by atoms with Crippen molar-refractivity contribution in [2.75, 3.05) is 31.5 Å². The van der Waals surface area contributed by atoms with Crippen LogP contribution in [0.2, 0.25) is 0 Å². The number of aryl methyl sites for hydroxylation is 1. The molecule has 3 amide bonds. The number of aromatic nitrogens is 2. The lowest BCUT2D eigenvalue weighted by molar-refractivity contribution is -0.116. The molecular formula is C32H36F3N5O4S. The van der Waals surface area contributed by atoms with Crippen LogP contribution in [-0.4, -0.2) is 69.2 Å². The maximum absolute atomic E-state index is 14.6. The highest BCUT2D eigenvalue weighted by Gasteiger charge is 2.55. The number of halogens is 3. The number of hydrogen-bond acceptors (Lipinski definition) is 7. The molecule has 2 aliphatic heterocycles. The minimum atomic E-state index is -2.73. The highest BCUT2D eigenvalue weighted by atomic mass is 32.1. The summed E-state index contributed by atoms with van der Waals surface area (Å²) in [6.45, 7) is 8.86. The van der Waals surface area contributed by atoms with Gasteiger partial charge in [-0.05, 0) is 93.9 Å².